The van der Waals surface area contributed by atoms with Gasteiger partial charge in [0.15, 0.2) is 4.34 Å². The number of carbonyl (C=O) groups excluding carboxylic acids is 2. The molecule has 0 saturated carbocycles. The number of aromatic nitrogens is 2. The van der Waals surface area contributed by atoms with Gasteiger partial charge in [0.2, 0.25) is 21.1 Å². The zero-order chi connectivity index (χ0) is 20.2. The highest BCUT2D eigenvalue weighted by Gasteiger charge is 2.33. The van der Waals surface area contributed by atoms with Crippen LogP contribution in [0.25, 0.3) is 0 Å². The lowest BCUT2D eigenvalue weighted by atomic mass is 9.97. The van der Waals surface area contributed by atoms with Crippen LogP contribution in [0.1, 0.15) is 33.6 Å². The van der Waals surface area contributed by atoms with Gasteiger partial charge in [0.1, 0.15) is 4.75 Å². The van der Waals surface area contributed by atoms with Crippen LogP contribution in [0.4, 0.5) is 5.13 Å². The minimum atomic E-state index is -3.22. The number of thioether (sulfide) groups is 1. The number of carbonyl (C=O) groups is 2. The van der Waals surface area contributed by atoms with Crippen molar-refractivity contribution in [3.05, 3.63) is 0 Å². The first-order valence-electron chi connectivity index (χ1n) is 8.48. The number of hydrogen-bond acceptors (Lipinski definition) is 9. The van der Waals surface area contributed by atoms with E-state index in [1.165, 1.54) is 33.7 Å². The maximum atomic E-state index is 12.4. The zero-order valence-electron chi connectivity index (χ0n) is 15.7. The number of sulfonamides is 1. The third-order valence-corrected chi connectivity index (χ3v) is 7.41. The number of amides is 1. The van der Waals surface area contributed by atoms with E-state index in [9.17, 15) is 18.0 Å². The molecular formula is C15H24N4O5S3. The molecule has 12 heteroatoms. The first-order chi connectivity index (χ1) is 12.5. The van der Waals surface area contributed by atoms with Crippen LogP contribution in [0, 0.1) is 5.92 Å². The molecule has 1 aliphatic heterocycles. The minimum Gasteiger partial charge on any atom is -0.465 e. The van der Waals surface area contributed by atoms with Crippen LogP contribution in [0.5, 0.6) is 0 Å². The Balaban J connectivity index is 1.90. The Kier molecular flexibility index (Phi) is 7.22. The summed E-state index contributed by atoms with van der Waals surface area (Å²) in [5.74, 6) is -0.798. The largest absolute Gasteiger partial charge is 0.465 e. The Hall–Kier alpha value is -1.24. The van der Waals surface area contributed by atoms with Gasteiger partial charge in [0.05, 0.1) is 12.9 Å². The van der Waals surface area contributed by atoms with E-state index in [0.717, 1.165) is 0 Å². The van der Waals surface area contributed by atoms with E-state index >= 15 is 0 Å². The fourth-order valence-electron chi connectivity index (χ4n) is 2.52. The average molecular weight is 437 g/mol. The van der Waals surface area contributed by atoms with E-state index < -0.39 is 14.8 Å². The molecule has 152 valence electrons. The molecule has 1 aliphatic rings. The Bertz CT molecular complexity index is 785. The molecule has 1 N–H and O–H groups in total. The summed E-state index contributed by atoms with van der Waals surface area (Å²) in [6.07, 6.45) is 2.11. The van der Waals surface area contributed by atoms with Crippen LogP contribution in [0.15, 0.2) is 4.34 Å². The Morgan fingerprint density at radius 2 is 1.96 bits per heavy atom. The van der Waals surface area contributed by atoms with Gasteiger partial charge in [0.25, 0.3) is 0 Å². The normalized spacial score (nSPS) is 16.9. The molecule has 2 heterocycles. The molecule has 1 aromatic heterocycles. The average Bonchev–Trinajstić information content (AvgIpc) is 3.00. The van der Waals surface area contributed by atoms with Crippen molar-refractivity contribution in [3.63, 3.8) is 0 Å². The lowest BCUT2D eigenvalue weighted by molar-refractivity contribution is -0.145. The lowest BCUT2D eigenvalue weighted by Crippen LogP contribution is -2.40. The van der Waals surface area contributed by atoms with E-state index in [4.69, 9.17) is 4.74 Å². The van der Waals surface area contributed by atoms with Crippen molar-refractivity contribution in [1.29, 1.82) is 0 Å². The summed E-state index contributed by atoms with van der Waals surface area (Å²) in [5.41, 5.74) is 0. The van der Waals surface area contributed by atoms with Crippen LogP contribution in [0.2, 0.25) is 0 Å². The highest BCUT2D eigenvalue weighted by atomic mass is 32.2. The van der Waals surface area contributed by atoms with Gasteiger partial charge in [-0.15, -0.1) is 10.2 Å². The van der Waals surface area contributed by atoms with Gasteiger partial charge < -0.3 is 10.1 Å². The van der Waals surface area contributed by atoms with Gasteiger partial charge in [-0.05, 0) is 33.6 Å². The molecule has 9 nitrogen and oxygen atoms in total. The van der Waals surface area contributed by atoms with E-state index in [2.05, 4.69) is 15.5 Å². The van der Waals surface area contributed by atoms with Crippen molar-refractivity contribution in [1.82, 2.24) is 14.5 Å². The van der Waals surface area contributed by atoms with E-state index in [-0.39, 0.29) is 17.8 Å². The van der Waals surface area contributed by atoms with Crippen LogP contribution < -0.4 is 5.32 Å². The maximum absolute atomic E-state index is 12.4. The second kappa shape index (κ2) is 8.84. The standard InChI is InChI=1S/C15H24N4O5S3/c1-5-24-12(21)15(2,3)26-14-18-17-13(25-14)16-11(20)10-6-8-19(9-7-10)27(4,22)23/h10H,5-9H2,1-4H3,(H,16,17,20). The van der Waals surface area contributed by atoms with Gasteiger partial charge in [-0.1, -0.05) is 23.1 Å². The molecule has 1 amide bonds. The second-order valence-corrected chi connectivity index (χ2v) is 11.5. The van der Waals surface area contributed by atoms with Crippen LogP contribution in [0.3, 0.4) is 0 Å². The van der Waals surface area contributed by atoms with Gasteiger partial charge in [-0.25, -0.2) is 12.7 Å². The molecule has 0 radical (unpaired) electrons. The predicted octanol–water partition coefficient (Wildman–Crippen LogP) is 1.58. The molecule has 1 saturated heterocycles. The molecule has 0 bridgehead atoms. The number of rotatable bonds is 7. The van der Waals surface area contributed by atoms with E-state index in [0.29, 0.717) is 42.0 Å². The molecule has 1 fully saturated rings. The van der Waals surface area contributed by atoms with Crippen LogP contribution in [-0.2, 0) is 24.3 Å². The van der Waals surface area contributed by atoms with Crippen LogP contribution in [-0.4, -0.2) is 65.5 Å². The van der Waals surface area contributed by atoms with Crippen molar-refractivity contribution < 1.29 is 22.7 Å². The fraction of sp³-hybridized carbons (Fsp3) is 0.733. The lowest BCUT2D eigenvalue weighted by Gasteiger charge is -2.29. The molecule has 1 aromatic rings. The summed E-state index contributed by atoms with van der Waals surface area (Å²) in [4.78, 5) is 24.3. The Labute approximate surface area is 167 Å². The number of nitrogens with zero attached hydrogens (tertiary/aromatic N) is 3. The minimum absolute atomic E-state index is 0.194. The number of piperidine rings is 1. The molecule has 27 heavy (non-hydrogen) atoms. The Morgan fingerprint density at radius 1 is 1.33 bits per heavy atom. The van der Waals surface area contributed by atoms with Gasteiger partial charge in [-0.2, -0.15) is 0 Å². The van der Waals surface area contributed by atoms with Crippen molar-refractivity contribution >= 4 is 50.1 Å². The van der Waals surface area contributed by atoms with Crippen molar-refractivity contribution in [2.75, 3.05) is 31.3 Å². The van der Waals surface area contributed by atoms with Crippen molar-refractivity contribution in [3.8, 4) is 0 Å². The number of ether oxygens (including phenoxy) is 1. The topological polar surface area (TPSA) is 119 Å². The maximum Gasteiger partial charge on any atom is 0.322 e. The molecule has 0 spiro atoms. The number of esters is 1. The third kappa shape index (κ3) is 6.13. The second-order valence-electron chi connectivity index (χ2n) is 6.63. The quantitative estimate of drug-likeness (QED) is 0.389. The summed E-state index contributed by atoms with van der Waals surface area (Å²) in [6.45, 7) is 6.20. The fourth-order valence-corrected chi connectivity index (χ4v) is 5.57. The highest BCUT2D eigenvalue weighted by Crippen LogP contribution is 2.36. The van der Waals surface area contributed by atoms with Gasteiger partial charge >= 0.3 is 5.97 Å². The van der Waals surface area contributed by atoms with E-state index in [1.807, 2.05) is 0 Å². The van der Waals surface area contributed by atoms with Crippen molar-refractivity contribution in [2.45, 2.75) is 42.7 Å². The first kappa shape index (κ1) is 22.1. The smallest absolute Gasteiger partial charge is 0.322 e. The number of hydrogen-bond donors (Lipinski definition) is 1. The Morgan fingerprint density at radius 3 is 2.52 bits per heavy atom. The summed E-state index contributed by atoms with van der Waals surface area (Å²) in [7, 11) is -3.22. The zero-order valence-corrected chi connectivity index (χ0v) is 18.2. The first-order valence-corrected chi connectivity index (χ1v) is 12.0. The molecule has 0 aromatic carbocycles. The summed E-state index contributed by atoms with van der Waals surface area (Å²) >= 11 is 2.41. The van der Waals surface area contributed by atoms with Crippen molar-refractivity contribution in [2.24, 2.45) is 5.92 Å². The molecule has 0 unspecified atom stereocenters. The molecular weight excluding hydrogens is 412 g/mol. The highest BCUT2D eigenvalue weighted by molar-refractivity contribution is 8.03. The van der Waals surface area contributed by atoms with Gasteiger partial charge in [-0.3, -0.25) is 9.59 Å². The third-order valence-electron chi connectivity index (χ3n) is 4.04. The van der Waals surface area contributed by atoms with Crippen LogP contribution >= 0.6 is 23.1 Å². The summed E-state index contributed by atoms with van der Waals surface area (Å²) in [6, 6.07) is 0. The monoisotopic (exact) mass is 436 g/mol. The van der Waals surface area contributed by atoms with E-state index in [1.54, 1.807) is 20.8 Å². The molecule has 2 rings (SSSR count). The summed E-state index contributed by atoms with van der Waals surface area (Å²) in [5, 5.41) is 11.0. The number of nitrogens with one attached hydrogen (secondary N) is 1. The molecule has 0 atom stereocenters. The van der Waals surface area contributed by atoms with Gasteiger partial charge in [0, 0.05) is 19.0 Å². The SMILES string of the molecule is CCOC(=O)C(C)(C)Sc1nnc(NC(=O)C2CCN(S(C)(=O)=O)CC2)s1. The summed E-state index contributed by atoms with van der Waals surface area (Å²) < 4.78 is 29.2. The number of anilines is 1. The predicted molar refractivity (Wildman–Crippen MR) is 104 cm³/mol. The molecule has 0 aliphatic carbocycles.